The molecule has 0 atom stereocenters. The normalized spacial score (nSPS) is 12.3. The topological polar surface area (TPSA) is 86.7 Å². The van der Waals surface area contributed by atoms with Crippen molar-refractivity contribution in [2.75, 3.05) is 13.2 Å². The first-order chi connectivity index (χ1) is 16.6. The molecule has 2 aromatic heterocycles. The summed E-state index contributed by atoms with van der Waals surface area (Å²) >= 11 is 0. The number of hydrogen-bond donors (Lipinski definition) is 1. The minimum Gasteiger partial charge on any atom is -0.491 e. The van der Waals surface area contributed by atoms with Crippen molar-refractivity contribution < 1.29 is 37.0 Å². The number of nitrogens with zero attached hydrogens (tertiary/aromatic N) is 2. The van der Waals surface area contributed by atoms with Gasteiger partial charge in [-0.3, -0.25) is 0 Å². The standard InChI is InChI=1S/C25H23F3N2O5/c1-24(2,23(31)32)30-10-9-17-13-20(7-8-21(17)30)34-12-11-33-14-19-15-35-22(29-19)16-3-5-18(6-4-16)25(26,27)28/h3-10,13,15H,11-12,14H2,1-2H3,(H,31,32). The maximum absolute atomic E-state index is 12.7. The van der Waals surface area contributed by atoms with Gasteiger partial charge in [0, 0.05) is 22.7 Å². The minimum atomic E-state index is -4.40. The zero-order valence-electron chi connectivity index (χ0n) is 19.0. The van der Waals surface area contributed by atoms with Gasteiger partial charge in [0.05, 0.1) is 18.8 Å². The predicted molar refractivity (Wildman–Crippen MR) is 121 cm³/mol. The van der Waals surface area contributed by atoms with Crippen LogP contribution in [0.3, 0.4) is 0 Å². The van der Waals surface area contributed by atoms with Gasteiger partial charge in [0.1, 0.15) is 29.9 Å². The average Bonchev–Trinajstić information content (AvgIpc) is 3.45. The second-order valence-corrected chi connectivity index (χ2v) is 8.39. The van der Waals surface area contributed by atoms with Gasteiger partial charge in [-0.25, -0.2) is 9.78 Å². The molecule has 184 valence electrons. The van der Waals surface area contributed by atoms with E-state index in [0.29, 0.717) is 17.0 Å². The number of fused-ring (bicyclic) bond motifs is 1. The van der Waals surface area contributed by atoms with Crippen molar-refractivity contribution in [3.05, 3.63) is 72.2 Å². The molecule has 0 aliphatic heterocycles. The Hall–Kier alpha value is -3.79. The van der Waals surface area contributed by atoms with Gasteiger partial charge >= 0.3 is 12.1 Å². The van der Waals surface area contributed by atoms with Crippen molar-refractivity contribution in [3.8, 4) is 17.2 Å². The van der Waals surface area contributed by atoms with Crippen LogP contribution in [0.15, 0.2) is 65.4 Å². The monoisotopic (exact) mass is 488 g/mol. The lowest BCUT2D eigenvalue weighted by atomic mass is 10.1. The molecule has 2 heterocycles. The molecule has 0 aliphatic rings. The van der Waals surface area contributed by atoms with E-state index in [0.717, 1.165) is 23.0 Å². The molecule has 4 rings (SSSR count). The number of carboxylic acid groups (broad SMARTS) is 1. The molecule has 1 N–H and O–H groups in total. The van der Waals surface area contributed by atoms with Crippen LogP contribution in [-0.2, 0) is 27.9 Å². The van der Waals surface area contributed by atoms with Crippen LogP contribution in [0, 0.1) is 0 Å². The third kappa shape index (κ3) is 5.32. The third-order valence-corrected chi connectivity index (χ3v) is 5.54. The number of aliphatic carboxylic acids is 1. The Balaban J connectivity index is 1.27. The Morgan fingerprint density at radius 2 is 1.83 bits per heavy atom. The fourth-order valence-corrected chi connectivity index (χ4v) is 3.50. The number of carboxylic acids is 1. The van der Waals surface area contributed by atoms with Crippen LogP contribution in [0.25, 0.3) is 22.4 Å². The summed E-state index contributed by atoms with van der Waals surface area (Å²) < 4.78 is 56.4. The van der Waals surface area contributed by atoms with Crippen molar-refractivity contribution in [2.24, 2.45) is 0 Å². The summed E-state index contributed by atoms with van der Waals surface area (Å²) in [5.74, 6) is -0.0936. The maximum atomic E-state index is 12.7. The van der Waals surface area contributed by atoms with Crippen LogP contribution in [0.1, 0.15) is 25.1 Å². The lowest BCUT2D eigenvalue weighted by molar-refractivity contribution is -0.145. The lowest BCUT2D eigenvalue weighted by Crippen LogP contribution is -2.34. The van der Waals surface area contributed by atoms with Crippen molar-refractivity contribution in [3.63, 3.8) is 0 Å². The number of alkyl halides is 3. The van der Waals surface area contributed by atoms with E-state index in [1.54, 1.807) is 30.7 Å². The minimum absolute atomic E-state index is 0.152. The largest absolute Gasteiger partial charge is 0.491 e. The highest BCUT2D eigenvalue weighted by Gasteiger charge is 2.31. The summed E-state index contributed by atoms with van der Waals surface area (Å²) in [5, 5.41) is 10.3. The van der Waals surface area contributed by atoms with E-state index in [1.807, 2.05) is 18.2 Å². The lowest BCUT2D eigenvalue weighted by Gasteiger charge is -2.23. The third-order valence-electron chi connectivity index (χ3n) is 5.54. The van der Waals surface area contributed by atoms with Gasteiger partial charge in [-0.2, -0.15) is 13.2 Å². The van der Waals surface area contributed by atoms with Crippen LogP contribution in [0.2, 0.25) is 0 Å². The summed E-state index contributed by atoms with van der Waals surface area (Å²) in [4.78, 5) is 15.8. The second-order valence-electron chi connectivity index (χ2n) is 8.39. The fourth-order valence-electron chi connectivity index (χ4n) is 3.50. The Bertz CT molecular complexity index is 1320. The Labute approximate surface area is 198 Å². The number of rotatable bonds is 9. The van der Waals surface area contributed by atoms with E-state index in [2.05, 4.69) is 4.98 Å². The van der Waals surface area contributed by atoms with Crippen LogP contribution < -0.4 is 4.74 Å². The molecule has 2 aromatic carbocycles. The predicted octanol–water partition coefficient (Wildman–Crippen LogP) is 5.73. The first-order valence-electron chi connectivity index (χ1n) is 10.7. The van der Waals surface area contributed by atoms with Gasteiger partial charge in [0.15, 0.2) is 0 Å². The molecular weight excluding hydrogens is 465 g/mol. The molecule has 0 spiro atoms. The highest BCUT2D eigenvalue weighted by molar-refractivity contribution is 5.85. The fraction of sp³-hybridized carbons (Fsp3) is 0.280. The van der Waals surface area contributed by atoms with Crippen molar-refractivity contribution in [1.82, 2.24) is 9.55 Å². The number of benzene rings is 2. The number of aromatic nitrogens is 2. The summed E-state index contributed by atoms with van der Waals surface area (Å²) in [7, 11) is 0. The molecule has 0 aliphatic carbocycles. The average molecular weight is 488 g/mol. The van der Waals surface area contributed by atoms with Gasteiger partial charge in [-0.05, 0) is 62.4 Å². The van der Waals surface area contributed by atoms with Gasteiger partial charge < -0.3 is 23.6 Å². The zero-order chi connectivity index (χ0) is 25.2. The zero-order valence-corrected chi connectivity index (χ0v) is 19.0. The highest BCUT2D eigenvalue weighted by Crippen LogP contribution is 2.31. The summed E-state index contributed by atoms with van der Waals surface area (Å²) in [5.41, 5.74) is -0.0915. The summed E-state index contributed by atoms with van der Waals surface area (Å²) in [6.07, 6.45) is -1.27. The molecule has 0 bridgehead atoms. The molecule has 0 unspecified atom stereocenters. The summed E-state index contributed by atoms with van der Waals surface area (Å²) in [6, 6.07) is 11.8. The molecule has 35 heavy (non-hydrogen) atoms. The van der Waals surface area contributed by atoms with E-state index < -0.39 is 23.2 Å². The molecule has 0 radical (unpaired) electrons. The Morgan fingerprint density at radius 3 is 2.51 bits per heavy atom. The molecule has 0 amide bonds. The van der Waals surface area contributed by atoms with E-state index in [9.17, 15) is 23.1 Å². The SMILES string of the molecule is CC(C)(C(=O)O)n1ccc2cc(OCCOCc3coc(-c4ccc(C(F)(F)F)cc4)n3)ccc21. The quantitative estimate of drug-likeness (QED) is 0.303. The van der Waals surface area contributed by atoms with Crippen LogP contribution in [-0.4, -0.2) is 33.8 Å². The van der Waals surface area contributed by atoms with Crippen molar-refractivity contribution in [2.45, 2.75) is 32.2 Å². The number of oxazole rings is 1. The maximum Gasteiger partial charge on any atom is 0.416 e. The van der Waals surface area contributed by atoms with E-state index in [1.165, 1.54) is 18.4 Å². The molecule has 10 heteroatoms. The number of ether oxygens (including phenoxy) is 2. The Morgan fingerprint density at radius 1 is 1.09 bits per heavy atom. The molecule has 0 saturated heterocycles. The van der Waals surface area contributed by atoms with Crippen molar-refractivity contribution >= 4 is 16.9 Å². The van der Waals surface area contributed by atoms with Gasteiger partial charge in [0.25, 0.3) is 0 Å². The molecule has 7 nitrogen and oxygen atoms in total. The van der Waals surface area contributed by atoms with Gasteiger partial charge in [-0.15, -0.1) is 0 Å². The second kappa shape index (κ2) is 9.46. The summed E-state index contributed by atoms with van der Waals surface area (Å²) in [6.45, 7) is 3.97. The molecule has 0 saturated carbocycles. The first-order valence-corrected chi connectivity index (χ1v) is 10.7. The first kappa shape index (κ1) is 24.3. The van der Waals surface area contributed by atoms with E-state index in [-0.39, 0.29) is 25.7 Å². The smallest absolute Gasteiger partial charge is 0.416 e. The number of halogens is 3. The molecule has 0 fully saturated rings. The van der Waals surface area contributed by atoms with E-state index >= 15 is 0 Å². The molecular formula is C25H23F3N2O5. The van der Waals surface area contributed by atoms with Crippen LogP contribution >= 0.6 is 0 Å². The van der Waals surface area contributed by atoms with Crippen molar-refractivity contribution in [1.29, 1.82) is 0 Å². The number of hydrogen-bond acceptors (Lipinski definition) is 5. The number of carbonyl (C=O) groups is 1. The van der Waals surface area contributed by atoms with E-state index in [4.69, 9.17) is 13.9 Å². The van der Waals surface area contributed by atoms with Crippen LogP contribution in [0.5, 0.6) is 5.75 Å². The van der Waals surface area contributed by atoms with Gasteiger partial charge in [0.2, 0.25) is 5.89 Å². The Kier molecular flexibility index (Phi) is 6.58. The van der Waals surface area contributed by atoms with Gasteiger partial charge in [-0.1, -0.05) is 0 Å². The molecule has 4 aromatic rings. The highest BCUT2D eigenvalue weighted by atomic mass is 19.4. The van der Waals surface area contributed by atoms with Crippen LogP contribution in [0.4, 0.5) is 13.2 Å².